The highest BCUT2D eigenvalue weighted by atomic mass is 16.5. The van der Waals surface area contributed by atoms with Gasteiger partial charge in [0.1, 0.15) is 5.75 Å². The number of piperidine rings is 1. The zero-order valence-electron chi connectivity index (χ0n) is 20.5. The maximum Gasteiger partial charge on any atom is 0.252 e. The highest BCUT2D eigenvalue weighted by molar-refractivity contribution is 5.96. The van der Waals surface area contributed by atoms with Crippen molar-refractivity contribution in [1.82, 2.24) is 15.5 Å². The van der Waals surface area contributed by atoms with Crippen LogP contribution in [0, 0.1) is 6.92 Å². The fourth-order valence-electron chi connectivity index (χ4n) is 4.95. The second-order valence-corrected chi connectivity index (χ2v) is 9.51. The molecule has 0 saturated carbocycles. The summed E-state index contributed by atoms with van der Waals surface area (Å²) in [5, 5.41) is 6.67. The van der Waals surface area contributed by atoms with E-state index in [-0.39, 0.29) is 11.9 Å². The van der Waals surface area contributed by atoms with Crippen LogP contribution in [0.1, 0.15) is 58.8 Å². The molecule has 2 saturated heterocycles. The van der Waals surface area contributed by atoms with Crippen molar-refractivity contribution < 1.29 is 9.53 Å². The Kier molecular flexibility index (Phi) is 7.56. The Morgan fingerprint density at radius 2 is 1.82 bits per heavy atom. The third-order valence-corrected chi connectivity index (χ3v) is 7.21. The average molecular weight is 451 g/mol. The van der Waals surface area contributed by atoms with Crippen LogP contribution in [0.25, 0.3) is 0 Å². The van der Waals surface area contributed by atoms with E-state index >= 15 is 0 Å². The molecule has 2 aliphatic rings. The first-order valence-corrected chi connectivity index (χ1v) is 12.2. The van der Waals surface area contributed by atoms with Gasteiger partial charge in [0.25, 0.3) is 5.91 Å². The summed E-state index contributed by atoms with van der Waals surface area (Å²) in [6.07, 6.45) is 2.22. The van der Waals surface area contributed by atoms with E-state index in [9.17, 15) is 4.79 Å². The first-order chi connectivity index (χ1) is 16.0. The first-order valence-electron chi connectivity index (χ1n) is 12.2. The zero-order valence-corrected chi connectivity index (χ0v) is 20.5. The van der Waals surface area contributed by atoms with E-state index in [0.29, 0.717) is 5.92 Å². The Labute approximate surface area is 198 Å². The smallest absolute Gasteiger partial charge is 0.252 e. The van der Waals surface area contributed by atoms with Crippen LogP contribution < -0.4 is 20.3 Å². The van der Waals surface area contributed by atoms with Crippen LogP contribution in [0.2, 0.25) is 0 Å². The predicted molar refractivity (Wildman–Crippen MR) is 135 cm³/mol. The molecule has 0 spiro atoms. The fourth-order valence-corrected chi connectivity index (χ4v) is 4.95. The molecule has 0 radical (unpaired) electrons. The topological polar surface area (TPSA) is 56.8 Å². The molecule has 4 rings (SSSR count). The molecule has 2 aromatic rings. The van der Waals surface area contributed by atoms with Gasteiger partial charge in [-0.3, -0.25) is 4.79 Å². The number of rotatable bonds is 6. The van der Waals surface area contributed by atoms with Gasteiger partial charge in [0.15, 0.2) is 0 Å². The van der Waals surface area contributed by atoms with Crippen molar-refractivity contribution >= 4 is 11.6 Å². The van der Waals surface area contributed by atoms with Crippen LogP contribution in [-0.4, -0.2) is 64.2 Å². The lowest BCUT2D eigenvalue weighted by Crippen LogP contribution is -2.44. The summed E-state index contributed by atoms with van der Waals surface area (Å²) in [4.78, 5) is 18.0. The summed E-state index contributed by atoms with van der Waals surface area (Å²) in [6, 6.07) is 12.5. The summed E-state index contributed by atoms with van der Waals surface area (Å²) in [7, 11) is 3.89. The summed E-state index contributed by atoms with van der Waals surface area (Å²) in [5.74, 6) is 1.42. The quantitative estimate of drug-likeness (QED) is 0.703. The highest BCUT2D eigenvalue weighted by Crippen LogP contribution is 2.34. The van der Waals surface area contributed by atoms with Gasteiger partial charge in [-0.25, -0.2) is 0 Å². The molecule has 0 aliphatic carbocycles. The molecule has 6 heteroatoms. The standard InChI is InChI=1S/C27H38N4O2/c1-19-5-7-23(31-15-13-30(3)14-16-31)18-24(19)27(32)29-20(2)22-6-8-26(33-4)25(17-22)21-9-11-28-12-10-21/h5-8,17-18,20-21,28H,9-16H2,1-4H3,(H,29,32)/t20-/m1/s1. The molecular weight excluding hydrogens is 412 g/mol. The van der Waals surface area contributed by atoms with E-state index in [4.69, 9.17) is 4.74 Å². The van der Waals surface area contributed by atoms with Crippen LogP contribution in [0.15, 0.2) is 36.4 Å². The number of piperazine rings is 1. The molecule has 0 aromatic heterocycles. The van der Waals surface area contributed by atoms with Gasteiger partial charge in [0.05, 0.1) is 13.2 Å². The second-order valence-electron chi connectivity index (χ2n) is 9.51. The number of anilines is 1. The van der Waals surface area contributed by atoms with Gasteiger partial charge in [0.2, 0.25) is 0 Å². The SMILES string of the molecule is COc1ccc([C@@H](C)NC(=O)c2cc(N3CCN(C)CC3)ccc2C)cc1C1CCNCC1. The molecule has 0 bridgehead atoms. The number of hydrogen-bond donors (Lipinski definition) is 2. The van der Waals surface area contributed by atoms with E-state index in [0.717, 1.165) is 80.2 Å². The van der Waals surface area contributed by atoms with Crippen LogP contribution in [0.4, 0.5) is 5.69 Å². The molecule has 6 nitrogen and oxygen atoms in total. The molecule has 2 aromatic carbocycles. The molecule has 2 aliphatic heterocycles. The zero-order chi connectivity index (χ0) is 23.4. The molecule has 1 amide bonds. The Balaban J connectivity index is 1.50. The fraction of sp³-hybridized carbons (Fsp3) is 0.519. The van der Waals surface area contributed by atoms with Gasteiger partial charge in [-0.2, -0.15) is 0 Å². The largest absolute Gasteiger partial charge is 0.496 e. The normalized spacial score (nSPS) is 18.7. The molecule has 2 N–H and O–H groups in total. The van der Waals surface area contributed by atoms with Crippen molar-refractivity contribution in [3.63, 3.8) is 0 Å². The number of methoxy groups -OCH3 is 1. The lowest BCUT2D eigenvalue weighted by Gasteiger charge is -2.34. The van der Waals surface area contributed by atoms with Crippen molar-refractivity contribution in [2.75, 3.05) is 58.3 Å². The number of nitrogens with one attached hydrogen (secondary N) is 2. The second kappa shape index (κ2) is 10.6. The number of carbonyl (C=O) groups is 1. The number of likely N-dealkylation sites (N-methyl/N-ethyl adjacent to an activating group) is 1. The maximum absolute atomic E-state index is 13.3. The van der Waals surface area contributed by atoms with Gasteiger partial charge >= 0.3 is 0 Å². The van der Waals surface area contributed by atoms with Crippen LogP contribution >= 0.6 is 0 Å². The van der Waals surface area contributed by atoms with E-state index in [2.05, 4.69) is 70.8 Å². The Morgan fingerprint density at radius 1 is 1.09 bits per heavy atom. The number of nitrogens with zero attached hydrogens (tertiary/aromatic N) is 2. The summed E-state index contributed by atoms with van der Waals surface area (Å²) in [6.45, 7) is 10.2. The van der Waals surface area contributed by atoms with E-state index in [1.807, 2.05) is 6.92 Å². The average Bonchev–Trinajstić information content (AvgIpc) is 2.85. The van der Waals surface area contributed by atoms with Gasteiger partial charge in [-0.15, -0.1) is 0 Å². The van der Waals surface area contributed by atoms with Crippen molar-refractivity contribution in [3.8, 4) is 5.75 Å². The van der Waals surface area contributed by atoms with Crippen LogP contribution in [-0.2, 0) is 0 Å². The van der Waals surface area contributed by atoms with E-state index in [1.54, 1.807) is 7.11 Å². The minimum atomic E-state index is -0.0874. The minimum absolute atomic E-state index is 0.0183. The minimum Gasteiger partial charge on any atom is -0.496 e. The maximum atomic E-state index is 13.3. The summed E-state index contributed by atoms with van der Waals surface area (Å²) < 4.78 is 5.66. The third kappa shape index (κ3) is 5.50. The highest BCUT2D eigenvalue weighted by Gasteiger charge is 2.22. The van der Waals surface area contributed by atoms with Gasteiger partial charge in [0, 0.05) is 37.4 Å². The first kappa shape index (κ1) is 23.6. The molecule has 2 fully saturated rings. The number of amides is 1. The predicted octanol–water partition coefficient (Wildman–Crippen LogP) is 3.71. The number of hydrogen-bond acceptors (Lipinski definition) is 5. The van der Waals surface area contributed by atoms with Gasteiger partial charge < -0.3 is 25.2 Å². The van der Waals surface area contributed by atoms with Crippen LogP contribution in [0.5, 0.6) is 5.75 Å². The van der Waals surface area contributed by atoms with Crippen molar-refractivity contribution in [1.29, 1.82) is 0 Å². The lowest BCUT2D eigenvalue weighted by atomic mass is 9.88. The van der Waals surface area contributed by atoms with Crippen molar-refractivity contribution in [2.45, 2.75) is 38.6 Å². The monoisotopic (exact) mass is 450 g/mol. The Hall–Kier alpha value is -2.57. The van der Waals surface area contributed by atoms with Crippen molar-refractivity contribution in [3.05, 3.63) is 58.7 Å². The van der Waals surface area contributed by atoms with E-state index in [1.165, 1.54) is 5.56 Å². The number of ether oxygens (including phenoxy) is 1. The summed E-state index contributed by atoms with van der Waals surface area (Å²) in [5.41, 5.74) is 5.26. The summed E-state index contributed by atoms with van der Waals surface area (Å²) >= 11 is 0. The van der Waals surface area contributed by atoms with Crippen LogP contribution in [0.3, 0.4) is 0 Å². The third-order valence-electron chi connectivity index (χ3n) is 7.21. The molecule has 1 atom stereocenters. The molecule has 33 heavy (non-hydrogen) atoms. The van der Waals surface area contributed by atoms with Gasteiger partial charge in [-0.05, 0) is 93.7 Å². The van der Waals surface area contributed by atoms with E-state index < -0.39 is 0 Å². The number of aryl methyl sites for hydroxylation is 1. The van der Waals surface area contributed by atoms with Crippen molar-refractivity contribution in [2.24, 2.45) is 0 Å². The molecule has 0 unspecified atom stereocenters. The molecule has 178 valence electrons. The lowest BCUT2D eigenvalue weighted by molar-refractivity contribution is 0.0939. The van der Waals surface area contributed by atoms with Gasteiger partial charge in [-0.1, -0.05) is 12.1 Å². The molecule has 2 heterocycles. The number of benzene rings is 2. The molecular formula is C27H38N4O2. The Morgan fingerprint density at radius 3 is 2.52 bits per heavy atom. The number of carbonyl (C=O) groups excluding carboxylic acids is 1. The Bertz CT molecular complexity index is 963.